The van der Waals surface area contributed by atoms with Crippen LogP contribution in [0.2, 0.25) is 0 Å². The zero-order chi connectivity index (χ0) is 9.68. The normalized spacial score (nSPS) is 12.5. The molecule has 0 aromatic carbocycles. The molecule has 0 spiro atoms. The molecule has 0 aliphatic rings. The molecule has 1 atom stereocenters. The van der Waals surface area contributed by atoms with Gasteiger partial charge in [0.25, 0.3) is 0 Å². The monoisotopic (exact) mass is 180 g/mol. The van der Waals surface area contributed by atoms with Crippen LogP contribution in [0.5, 0.6) is 5.75 Å². The Labute approximate surface area is 78.9 Å². The number of aromatic nitrogens is 1. The highest BCUT2D eigenvalue weighted by Crippen LogP contribution is 2.16. The van der Waals surface area contributed by atoms with E-state index in [0.29, 0.717) is 6.54 Å². The van der Waals surface area contributed by atoms with Gasteiger partial charge in [-0.3, -0.25) is 4.98 Å². The lowest BCUT2D eigenvalue weighted by Crippen LogP contribution is -2.12. The Hall–Kier alpha value is -1.09. The van der Waals surface area contributed by atoms with Gasteiger partial charge >= 0.3 is 0 Å². The van der Waals surface area contributed by atoms with Crippen LogP contribution in [0.1, 0.15) is 26.0 Å². The van der Waals surface area contributed by atoms with Gasteiger partial charge in [-0.25, -0.2) is 0 Å². The molecule has 2 N–H and O–H groups in total. The van der Waals surface area contributed by atoms with Crippen LogP contribution in [-0.2, 0) is 6.54 Å². The number of nitrogens with zero attached hydrogens (tertiary/aromatic N) is 1. The van der Waals surface area contributed by atoms with E-state index in [9.17, 15) is 0 Å². The van der Waals surface area contributed by atoms with Gasteiger partial charge in [-0.15, -0.1) is 0 Å². The second-order valence-electron chi connectivity index (χ2n) is 2.99. The van der Waals surface area contributed by atoms with Crippen molar-refractivity contribution in [1.82, 2.24) is 4.98 Å². The van der Waals surface area contributed by atoms with Crippen molar-refractivity contribution in [2.24, 2.45) is 5.73 Å². The van der Waals surface area contributed by atoms with Gasteiger partial charge in [0, 0.05) is 12.7 Å². The minimum absolute atomic E-state index is 0.217. The third-order valence-corrected chi connectivity index (χ3v) is 1.94. The Bertz CT molecular complexity index is 263. The first kappa shape index (κ1) is 9.99. The fourth-order valence-corrected chi connectivity index (χ4v) is 0.984. The molecule has 1 unspecified atom stereocenters. The molecule has 1 heterocycles. The maximum atomic E-state index is 5.64. The SMILES string of the molecule is CCC(C)Oc1cccnc1CN. The number of ether oxygens (including phenoxy) is 1. The minimum Gasteiger partial charge on any atom is -0.489 e. The summed E-state index contributed by atoms with van der Waals surface area (Å²) in [4.78, 5) is 4.13. The maximum Gasteiger partial charge on any atom is 0.142 e. The smallest absolute Gasteiger partial charge is 0.142 e. The van der Waals surface area contributed by atoms with Gasteiger partial charge in [0.2, 0.25) is 0 Å². The summed E-state index contributed by atoms with van der Waals surface area (Å²) in [5, 5.41) is 0. The number of pyridine rings is 1. The van der Waals surface area contributed by atoms with Crippen LogP contribution in [-0.4, -0.2) is 11.1 Å². The molecule has 0 aliphatic carbocycles. The average Bonchev–Trinajstić information content (AvgIpc) is 2.18. The summed E-state index contributed by atoms with van der Waals surface area (Å²) < 4.78 is 5.64. The molecule has 3 nitrogen and oxygen atoms in total. The predicted molar refractivity (Wildman–Crippen MR) is 52.5 cm³/mol. The fourth-order valence-electron chi connectivity index (χ4n) is 0.984. The largest absolute Gasteiger partial charge is 0.489 e. The van der Waals surface area contributed by atoms with E-state index in [1.54, 1.807) is 6.20 Å². The summed E-state index contributed by atoms with van der Waals surface area (Å²) in [6, 6.07) is 3.76. The molecule has 1 aromatic heterocycles. The predicted octanol–water partition coefficient (Wildman–Crippen LogP) is 1.72. The Morgan fingerprint density at radius 3 is 3.00 bits per heavy atom. The number of hydrogen-bond acceptors (Lipinski definition) is 3. The standard InChI is InChI=1S/C10H16N2O/c1-3-8(2)13-10-5-4-6-12-9(10)7-11/h4-6,8H,3,7,11H2,1-2H3. The summed E-state index contributed by atoms with van der Waals surface area (Å²) >= 11 is 0. The molecule has 0 saturated heterocycles. The Kier molecular flexibility index (Phi) is 3.71. The maximum absolute atomic E-state index is 5.64. The third kappa shape index (κ3) is 2.70. The summed E-state index contributed by atoms with van der Waals surface area (Å²) in [7, 11) is 0. The first-order valence-corrected chi connectivity index (χ1v) is 4.58. The second kappa shape index (κ2) is 4.82. The van der Waals surface area contributed by atoms with Crippen LogP contribution in [0.3, 0.4) is 0 Å². The van der Waals surface area contributed by atoms with Gasteiger partial charge in [-0.1, -0.05) is 6.92 Å². The van der Waals surface area contributed by atoms with E-state index >= 15 is 0 Å². The first-order chi connectivity index (χ1) is 6.27. The van der Waals surface area contributed by atoms with E-state index in [1.807, 2.05) is 19.1 Å². The van der Waals surface area contributed by atoms with Gasteiger partial charge in [-0.2, -0.15) is 0 Å². The topological polar surface area (TPSA) is 48.1 Å². The van der Waals surface area contributed by atoms with Crippen molar-refractivity contribution in [3.05, 3.63) is 24.0 Å². The van der Waals surface area contributed by atoms with Crippen LogP contribution in [0.15, 0.2) is 18.3 Å². The van der Waals surface area contributed by atoms with Gasteiger partial charge in [0.15, 0.2) is 0 Å². The summed E-state index contributed by atoms with van der Waals surface area (Å²) in [5.74, 6) is 0.805. The van der Waals surface area contributed by atoms with Crippen molar-refractivity contribution >= 4 is 0 Å². The Morgan fingerprint density at radius 2 is 2.38 bits per heavy atom. The highest BCUT2D eigenvalue weighted by atomic mass is 16.5. The minimum atomic E-state index is 0.217. The van der Waals surface area contributed by atoms with E-state index in [4.69, 9.17) is 10.5 Å². The average molecular weight is 180 g/mol. The molecule has 0 aliphatic heterocycles. The van der Waals surface area contributed by atoms with Gasteiger partial charge in [-0.05, 0) is 25.5 Å². The van der Waals surface area contributed by atoms with E-state index < -0.39 is 0 Å². The van der Waals surface area contributed by atoms with Crippen LogP contribution in [0.25, 0.3) is 0 Å². The summed E-state index contributed by atoms with van der Waals surface area (Å²) in [6.07, 6.45) is 2.93. The first-order valence-electron chi connectivity index (χ1n) is 4.58. The molecule has 1 aromatic rings. The van der Waals surface area contributed by atoms with E-state index in [0.717, 1.165) is 17.9 Å². The molecular formula is C10H16N2O. The molecule has 72 valence electrons. The zero-order valence-corrected chi connectivity index (χ0v) is 8.16. The number of hydrogen-bond donors (Lipinski definition) is 1. The molecule has 0 saturated carbocycles. The van der Waals surface area contributed by atoms with Crippen molar-refractivity contribution in [3.63, 3.8) is 0 Å². The quantitative estimate of drug-likeness (QED) is 0.767. The zero-order valence-electron chi connectivity index (χ0n) is 8.16. The van der Waals surface area contributed by atoms with Gasteiger partial charge in [0.1, 0.15) is 5.75 Å². The molecule has 0 bridgehead atoms. The molecular weight excluding hydrogens is 164 g/mol. The lowest BCUT2D eigenvalue weighted by molar-refractivity contribution is 0.214. The lowest BCUT2D eigenvalue weighted by atomic mass is 10.3. The van der Waals surface area contributed by atoms with Crippen molar-refractivity contribution in [3.8, 4) is 5.75 Å². The molecule has 0 amide bonds. The molecule has 0 radical (unpaired) electrons. The Balaban J connectivity index is 2.74. The van der Waals surface area contributed by atoms with E-state index in [2.05, 4.69) is 11.9 Å². The highest BCUT2D eigenvalue weighted by Gasteiger charge is 2.05. The lowest BCUT2D eigenvalue weighted by Gasteiger charge is -2.14. The summed E-state index contributed by atoms with van der Waals surface area (Å²) in [6.45, 7) is 4.54. The van der Waals surface area contributed by atoms with E-state index in [-0.39, 0.29) is 6.10 Å². The van der Waals surface area contributed by atoms with Crippen molar-refractivity contribution < 1.29 is 4.74 Å². The van der Waals surface area contributed by atoms with Gasteiger partial charge in [0.05, 0.1) is 11.8 Å². The van der Waals surface area contributed by atoms with E-state index in [1.165, 1.54) is 0 Å². The van der Waals surface area contributed by atoms with Crippen molar-refractivity contribution in [2.45, 2.75) is 32.9 Å². The van der Waals surface area contributed by atoms with Crippen LogP contribution in [0, 0.1) is 0 Å². The highest BCUT2D eigenvalue weighted by molar-refractivity contribution is 5.26. The fraction of sp³-hybridized carbons (Fsp3) is 0.500. The molecule has 1 rings (SSSR count). The molecule has 13 heavy (non-hydrogen) atoms. The number of nitrogens with two attached hydrogens (primary N) is 1. The molecule has 3 heteroatoms. The van der Waals surface area contributed by atoms with Crippen molar-refractivity contribution in [1.29, 1.82) is 0 Å². The van der Waals surface area contributed by atoms with Crippen LogP contribution < -0.4 is 10.5 Å². The van der Waals surface area contributed by atoms with Crippen molar-refractivity contribution in [2.75, 3.05) is 0 Å². The summed E-state index contributed by atoms with van der Waals surface area (Å²) in [5.41, 5.74) is 6.35. The van der Waals surface area contributed by atoms with Crippen LogP contribution >= 0.6 is 0 Å². The Morgan fingerprint density at radius 1 is 1.62 bits per heavy atom. The second-order valence-corrected chi connectivity index (χ2v) is 2.99. The van der Waals surface area contributed by atoms with Crippen LogP contribution in [0.4, 0.5) is 0 Å². The third-order valence-electron chi connectivity index (χ3n) is 1.94. The number of rotatable bonds is 4. The molecule has 0 fully saturated rings. The van der Waals surface area contributed by atoms with Gasteiger partial charge < -0.3 is 10.5 Å².